The molecule has 2 rings (SSSR count). The van der Waals surface area contributed by atoms with E-state index in [0.717, 1.165) is 35.8 Å². The van der Waals surface area contributed by atoms with Crippen LogP contribution in [0.25, 0.3) is 0 Å². The summed E-state index contributed by atoms with van der Waals surface area (Å²) in [6, 6.07) is 15.6. The lowest BCUT2D eigenvalue weighted by molar-refractivity contribution is 0.0636. The Kier molecular flexibility index (Phi) is 11.2. The van der Waals surface area contributed by atoms with E-state index in [4.69, 9.17) is 9.47 Å². The summed E-state index contributed by atoms with van der Waals surface area (Å²) >= 11 is 0. The predicted molar refractivity (Wildman–Crippen MR) is 137 cm³/mol. The molecule has 2 aromatic rings. The standard InChI is InChI=1S/C23H32N4O3.HI/c1-23(2,3)30-22(28)27-19-10-6-17(7-11-19)14-15-25-21(24-4)26-16-18-8-12-20(29-5)13-9-18;/h6-13H,14-16H2,1-5H3,(H,27,28)(H2,24,25,26);1H. The molecule has 7 nitrogen and oxygen atoms in total. The van der Waals surface area contributed by atoms with Crippen molar-refractivity contribution in [2.24, 2.45) is 4.99 Å². The van der Waals surface area contributed by atoms with Gasteiger partial charge in [-0.05, 0) is 62.6 Å². The molecule has 0 fully saturated rings. The van der Waals surface area contributed by atoms with Crippen molar-refractivity contribution in [2.75, 3.05) is 26.0 Å². The molecule has 0 saturated heterocycles. The molecule has 0 bridgehead atoms. The summed E-state index contributed by atoms with van der Waals surface area (Å²) in [6.45, 7) is 6.92. The number of nitrogens with zero attached hydrogens (tertiary/aromatic N) is 1. The molecular formula is C23H33IN4O3. The van der Waals surface area contributed by atoms with Crippen molar-refractivity contribution < 1.29 is 14.3 Å². The fourth-order valence-corrected chi connectivity index (χ4v) is 2.65. The van der Waals surface area contributed by atoms with Crippen LogP contribution in [0.1, 0.15) is 31.9 Å². The van der Waals surface area contributed by atoms with Gasteiger partial charge in [0.2, 0.25) is 0 Å². The summed E-state index contributed by atoms with van der Waals surface area (Å²) in [7, 11) is 3.41. The molecule has 0 heterocycles. The molecule has 170 valence electrons. The Balaban J connectivity index is 0.00000480. The van der Waals surface area contributed by atoms with Crippen LogP contribution < -0.4 is 20.7 Å². The van der Waals surface area contributed by atoms with E-state index in [-0.39, 0.29) is 24.0 Å². The first-order valence-electron chi connectivity index (χ1n) is 9.95. The number of halogens is 1. The molecule has 0 aliphatic heterocycles. The number of ether oxygens (including phenoxy) is 2. The molecule has 0 spiro atoms. The summed E-state index contributed by atoms with van der Waals surface area (Å²) in [5.74, 6) is 1.59. The maximum atomic E-state index is 11.8. The van der Waals surface area contributed by atoms with E-state index in [1.165, 1.54) is 0 Å². The number of guanidine groups is 1. The van der Waals surface area contributed by atoms with Crippen LogP contribution in [-0.2, 0) is 17.7 Å². The fraction of sp³-hybridized carbons (Fsp3) is 0.391. The van der Waals surface area contributed by atoms with E-state index in [1.807, 2.05) is 69.3 Å². The first-order valence-corrected chi connectivity index (χ1v) is 9.95. The van der Waals surface area contributed by atoms with Gasteiger partial charge in [-0.3, -0.25) is 10.3 Å². The number of methoxy groups -OCH3 is 1. The van der Waals surface area contributed by atoms with Crippen molar-refractivity contribution in [3.05, 3.63) is 59.7 Å². The van der Waals surface area contributed by atoms with Crippen LogP contribution >= 0.6 is 24.0 Å². The van der Waals surface area contributed by atoms with E-state index >= 15 is 0 Å². The minimum atomic E-state index is -0.518. The molecule has 0 atom stereocenters. The zero-order chi connectivity index (χ0) is 22.0. The first-order chi connectivity index (χ1) is 14.3. The van der Waals surface area contributed by atoms with Crippen molar-refractivity contribution in [1.82, 2.24) is 10.6 Å². The van der Waals surface area contributed by atoms with Crippen LogP contribution in [-0.4, -0.2) is 38.4 Å². The quantitative estimate of drug-likeness (QED) is 0.272. The molecule has 0 saturated carbocycles. The lowest BCUT2D eigenvalue weighted by atomic mass is 10.1. The normalized spacial score (nSPS) is 11.2. The van der Waals surface area contributed by atoms with Crippen LogP contribution in [0, 0.1) is 0 Å². The number of aliphatic imine (C=N–C) groups is 1. The maximum Gasteiger partial charge on any atom is 0.412 e. The largest absolute Gasteiger partial charge is 0.497 e. The van der Waals surface area contributed by atoms with Crippen LogP contribution in [0.3, 0.4) is 0 Å². The van der Waals surface area contributed by atoms with E-state index in [1.54, 1.807) is 14.2 Å². The van der Waals surface area contributed by atoms with Crippen LogP contribution in [0.5, 0.6) is 5.75 Å². The van der Waals surface area contributed by atoms with Gasteiger partial charge in [-0.1, -0.05) is 24.3 Å². The molecule has 0 aromatic heterocycles. The third-order valence-electron chi connectivity index (χ3n) is 4.15. The Labute approximate surface area is 202 Å². The SMILES string of the molecule is CN=C(NCCc1ccc(NC(=O)OC(C)(C)C)cc1)NCc1ccc(OC)cc1.I. The van der Waals surface area contributed by atoms with Gasteiger partial charge in [0.25, 0.3) is 0 Å². The van der Waals surface area contributed by atoms with Crippen LogP contribution in [0.2, 0.25) is 0 Å². The Morgan fingerprint density at radius 1 is 0.968 bits per heavy atom. The van der Waals surface area contributed by atoms with E-state index in [9.17, 15) is 4.79 Å². The Bertz CT molecular complexity index is 831. The van der Waals surface area contributed by atoms with Gasteiger partial charge in [0.05, 0.1) is 7.11 Å². The molecule has 2 aromatic carbocycles. The van der Waals surface area contributed by atoms with Crippen LogP contribution in [0.4, 0.5) is 10.5 Å². The molecule has 0 aliphatic carbocycles. The van der Waals surface area contributed by atoms with Gasteiger partial charge in [0.15, 0.2) is 5.96 Å². The number of carbonyl (C=O) groups is 1. The second-order valence-corrected chi connectivity index (χ2v) is 7.77. The smallest absolute Gasteiger partial charge is 0.412 e. The molecular weight excluding hydrogens is 507 g/mol. The van der Waals surface area contributed by atoms with Crippen molar-refractivity contribution in [1.29, 1.82) is 0 Å². The number of benzene rings is 2. The van der Waals surface area contributed by atoms with Gasteiger partial charge >= 0.3 is 6.09 Å². The second-order valence-electron chi connectivity index (χ2n) is 7.77. The molecule has 31 heavy (non-hydrogen) atoms. The summed E-state index contributed by atoms with van der Waals surface area (Å²) in [6.07, 6.45) is 0.374. The molecule has 3 N–H and O–H groups in total. The average Bonchev–Trinajstić information content (AvgIpc) is 2.70. The van der Waals surface area contributed by atoms with Gasteiger partial charge < -0.3 is 20.1 Å². The lowest BCUT2D eigenvalue weighted by Gasteiger charge is -2.19. The van der Waals surface area contributed by atoms with Crippen molar-refractivity contribution in [3.8, 4) is 5.75 Å². The number of rotatable bonds is 7. The first kappa shape index (κ1) is 26.5. The third-order valence-corrected chi connectivity index (χ3v) is 4.15. The van der Waals surface area contributed by atoms with Crippen molar-refractivity contribution in [2.45, 2.75) is 39.3 Å². The minimum Gasteiger partial charge on any atom is -0.497 e. The fourth-order valence-electron chi connectivity index (χ4n) is 2.65. The number of nitrogens with one attached hydrogen (secondary N) is 3. The van der Waals surface area contributed by atoms with Crippen molar-refractivity contribution >= 4 is 41.7 Å². The number of amides is 1. The number of anilines is 1. The Morgan fingerprint density at radius 2 is 1.58 bits per heavy atom. The summed E-state index contributed by atoms with van der Waals surface area (Å²) in [4.78, 5) is 16.1. The molecule has 1 amide bonds. The van der Waals surface area contributed by atoms with Crippen LogP contribution in [0.15, 0.2) is 53.5 Å². The highest BCUT2D eigenvalue weighted by Crippen LogP contribution is 2.13. The average molecular weight is 540 g/mol. The Hall–Kier alpha value is -2.49. The molecule has 0 radical (unpaired) electrons. The van der Waals surface area contributed by atoms with E-state index in [0.29, 0.717) is 12.2 Å². The third kappa shape index (κ3) is 10.4. The Morgan fingerprint density at radius 3 is 2.13 bits per heavy atom. The molecule has 0 aliphatic rings. The van der Waals surface area contributed by atoms with Gasteiger partial charge in [-0.15, -0.1) is 24.0 Å². The second kappa shape index (κ2) is 13.0. The number of carbonyl (C=O) groups excluding carboxylic acids is 1. The van der Waals surface area contributed by atoms with Crippen molar-refractivity contribution in [3.63, 3.8) is 0 Å². The predicted octanol–water partition coefficient (Wildman–Crippen LogP) is 4.57. The highest BCUT2D eigenvalue weighted by Gasteiger charge is 2.16. The zero-order valence-electron chi connectivity index (χ0n) is 18.8. The highest BCUT2D eigenvalue weighted by molar-refractivity contribution is 14.0. The molecule has 8 heteroatoms. The minimum absolute atomic E-state index is 0. The summed E-state index contributed by atoms with van der Waals surface area (Å²) in [5.41, 5.74) is 2.49. The summed E-state index contributed by atoms with van der Waals surface area (Å²) in [5, 5.41) is 9.34. The highest BCUT2D eigenvalue weighted by atomic mass is 127. The van der Waals surface area contributed by atoms with E-state index < -0.39 is 11.7 Å². The zero-order valence-corrected chi connectivity index (χ0v) is 21.2. The summed E-state index contributed by atoms with van der Waals surface area (Å²) < 4.78 is 10.4. The lowest BCUT2D eigenvalue weighted by Crippen LogP contribution is -2.37. The monoisotopic (exact) mass is 540 g/mol. The number of hydrogen-bond acceptors (Lipinski definition) is 4. The topological polar surface area (TPSA) is 84.0 Å². The molecule has 0 unspecified atom stereocenters. The maximum absolute atomic E-state index is 11.8. The van der Waals surface area contributed by atoms with E-state index in [2.05, 4.69) is 20.9 Å². The van der Waals surface area contributed by atoms with Gasteiger partial charge in [0.1, 0.15) is 11.4 Å². The van der Waals surface area contributed by atoms with Gasteiger partial charge in [0, 0.05) is 25.8 Å². The van der Waals surface area contributed by atoms with Gasteiger partial charge in [-0.2, -0.15) is 0 Å². The number of hydrogen-bond donors (Lipinski definition) is 3. The van der Waals surface area contributed by atoms with Gasteiger partial charge in [-0.25, -0.2) is 4.79 Å².